The van der Waals surface area contributed by atoms with Gasteiger partial charge in [0, 0.05) is 33.6 Å². The summed E-state index contributed by atoms with van der Waals surface area (Å²) in [6.45, 7) is 2.32. The molecule has 1 aliphatic heterocycles. The van der Waals surface area contributed by atoms with Crippen LogP contribution in [0, 0.1) is 5.41 Å². The van der Waals surface area contributed by atoms with Gasteiger partial charge in [0.25, 0.3) is 0 Å². The summed E-state index contributed by atoms with van der Waals surface area (Å²) in [5.74, 6) is -0.265. The van der Waals surface area contributed by atoms with Crippen molar-refractivity contribution in [3.05, 3.63) is 0 Å². The van der Waals surface area contributed by atoms with E-state index in [2.05, 4.69) is 5.32 Å². The fourth-order valence-corrected chi connectivity index (χ4v) is 2.80. The van der Waals surface area contributed by atoms with Crippen LogP contribution in [0.15, 0.2) is 0 Å². The highest BCUT2D eigenvalue weighted by atomic mass is 16.7. The van der Waals surface area contributed by atoms with Crippen molar-refractivity contribution in [3.63, 3.8) is 0 Å². The van der Waals surface area contributed by atoms with Crippen molar-refractivity contribution in [2.45, 2.75) is 31.5 Å². The molecule has 1 saturated heterocycles. The third-order valence-corrected chi connectivity index (χ3v) is 3.59. The lowest BCUT2D eigenvalue weighted by molar-refractivity contribution is -0.299. The lowest BCUT2D eigenvalue weighted by atomic mass is 9.61. The van der Waals surface area contributed by atoms with E-state index in [-0.39, 0.29) is 5.79 Å². The predicted molar refractivity (Wildman–Crippen MR) is 50.5 cm³/mol. The van der Waals surface area contributed by atoms with Crippen LogP contribution in [0.4, 0.5) is 0 Å². The van der Waals surface area contributed by atoms with Crippen molar-refractivity contribution in [2.75, 3.05) is 27.3 Å². The summed E-state index contributed by atoms with van der Waals surface area (Å²) < 4.78 is 10.8. The minimum absolute atomic E-state index is 0.265. The first-order valence-electron chi connectivity index (χ1n) is 5.05. The molecule has 1 aliphatic carbocycles. The average molecular weight is 185 g/mol. The monoisotopic (exact) mass is 185 g/mol. The van der Waals surface area contributed by atoms with E-state index in [0.717, 1.165) is 19.4 Å². The number of piperidine rings is 1. The first kappa shape index (κ1) is 9.44. The molecule has 3 heteroatoms. The van der Waals surface area contributed by atoms with Crippen molar-refractivity contribution in [3.8, 4) is 0 Å². The molecule has 2 aliphatic rings. The molecule has 0 aromatic heterocycles. The van der Waals surface area contributed by atoms with E-state index in [1.165, 1.54) is 19.4 Å². The fraction of sp³-hybridized carbons (Fsp3) is 1.00. The number of ether oxygens (including phenoxy) is 2. The zero-order chi connectivity index (χ0) is 9.36. The summed E-state index contributed by atoms with van der Waals surface area (Å²) in [5, 5.41) is 3.45. The number of hydrogen-bond donors (Lipinski definition) is 1. The van der Waals surface area contributed by atoms with Crippen LogP contribution in [0.25, 0.3) is 0 Å². The quantitative estimate of drug-likeness (QED) is 0.654. The van der Waals surface area contributed by atoms with Crippen molar-refractivity contribution in [1.82, 2.24) is 5.32 Å². The molecule has 3 nitrogen and oxygen atoms in total. The van der Waals surface area contributed by atoms with Crippen LogP contribution in [0.2, 0.25) is 0 Å². The highest BCUT2D eigenvalue weighted by molar-refractivity contribution is 5.02. The highest BCUT2D eigenvalue weighted by Crippen LogP contribution is 2.53. The first-order valence-corrected chi connectivity index (χ1v) is 5.05. The smallest absolute Gasteiger partial charge is 0.168 e. The Morgan fingerprint density at radius 1 is 1.15 bits per heavy atom. The van der Waals surface area contributed by atoms with Gasteiger partial charge in [-0.05, 0) is 24.8 Å². The summed E-state index contributed by atoms with van der Waals surface area (Å²) in [5.41, 5.74) is 0.476. The minimum atomic E-state index is -0.265. The Labute approximate surface area is 79.8 Å². The summed E-state index contributed by atoms with van der Waals surface area (Å²) >= 11 is 0. The molecule has 1 spiro atoms. The second-order valence-electron chi connectivity index (χ2n) is 4.45. The molecule has 2 fully saturated rings. The van der Waals surface area contributed by atoms with E-state index in [1.807, 2.05) is 0 Å². The highest BCUT2D eigenvalue weighted by Gasteiger charge is 2.55. The molecule has 0 amide bonds. The van der Waals surface area contributed by atoms with Gasteiger partial charge in [-0.25, -0.2) is 0 Å². The van der Waals surface area contributed by atoms with E-state index in [0.29, 0.717) is 5.41 Å². The molecule has 0 atom stereocenters. The summed E-state index contributed by atoms with van der Waals surface area (Å²) in [4.78, 5) is 0. The number of nitrogens with one attached hydrogen (secondary N) is 1. The molecule has 76 valence electrons. The van der Waals surface area contributed by atoms with Gasteiger partial charge < -0.3 is 14.8 Å². The molecule has 1 N–H and O–H groups in total. The maximum Gasteiger partial charge on any atom is 0.168 e. The summed E-state index contributed by atoms with van der Waals surface area (Å²) in [6, 6.07) is 0. The third kappa shape index (κ3) is 1.49. The Hall–Kier alpha value is -0.120. The van der Waals surface area contributed by atoms with Gasteiger partial charge in [-0.2, -0.15) is 0 Å². The minimum Gasteiger partial charge on any atom is -0.353 e. The van der Waals surface area contributed by atoms with Gasteiger partial charge >= 0.3 is 0 Å². The Balaban J connectivity index is 1.93. The van der Waals surface area contributed by atoms with Gasteiger partial charge in [-0.3, -0.25) is 0 Å². The molecular weight excluding hydrogens is 166 g/mol. The maximum absolute atomic E-state index is 5.40. The lowest BCUT2D eigenvalue weighted by Crippen LogP contribution is -2.59. The van der Waals surface area contributed by atoms with E-state index >= 15 is 0 Å². The van der Waals surface area contributed by atoms with Crippen LogP contribution in [0.3, 0.4) is 0 Å². The SMILES string of the molecule is COC1(OC)CC2(CCCNC2)C1. The van der Waals surface area contributed by atoms with Gasteiger partial charge in [0.2, 0.25) is 0 Å². The van der Waals surface area contributed by atoms with Crippen LogP contribution in [0.5, 0.6) is 0 Å². The first-order chi connectivity index (χ1) is 6.24. The number of rotatable bonds is 2. The van der Waals surface area contributed by atoms with E-state index in [1.54, 1.807) is 14.2 Å². The molecule has 13 heavy (non-hydrogen) atoms. The third-order valence-electron chi connectivity index (χ3n) is 3.59. The molecule has 1 saturated carbocycles. The van der Waals surface area contributed by atoms with Gasteiger partial charge in [-0.1, -0.05) is 0 Å². The number of hydrogen-bond acceptors (Lipinski definition) is 3. The topological polar surface area (TPSA) is 30.5 Å². The predicted octanol–water partition coefficient (Wildman–Crippen LogP) is 1.14. The second-order valence-corrected chi connectivity index (χ2v) is 4.45. The van der Waals surface area contributed by atoms with Gasteiger partial charge in [-0.15, -0.1) is 0 Å². The second kappa shape index (κ2) is 3.23. The molecular formula is C10H19NO2. The Morgan fingerprint density at radius 2 is 1.85 bits per heavy atom. The van der Waals surface area contributed by atoms with Crippen LogP contribution >= 0.6 is 0 Å². The maximum atomic E-state index is 5.40. The Bertz CT molecular complexity index is 173. The Morgan fingerprint density at radius 3 is 2.31 bits per heavy atom. The van der Waals surface area contributed by atoms with Crippen LogP contribution in [-0.2, 0) is 9.47 Å². The largest absolute Gasteiger partial charge is 0.353 e. The normalized spacial score (nSPS) is 30.0. The standard InChI is InChI=1S/C10H19NO2/c1-12-10(13-2)6-9(7-10)4-3-5-11-8-9/h11H,3-8H2,1-2H3. The molecule has 2 rings (SSSR count). The van der Waals surface area contributed by atoms with Gasteiger partial charge in [0.15, 0.2) is 5.79 Å². The summed E-state index contributed by atoms with van der Waals surface area (Å²) in [7, 11) is 3.49. The van der Waals surface area contributed by atoms with Gasteiger partial charge in [0.1, 0.15) is 0 Å². The molecule has 0 aromatic carbocycles. The van der Waals surface area contributed by atoms with Crippen molar-refractivity contribution >= 4 is 0 Å². The summed E-state index contributed by atoms with van der Waals surface area (Å²) in [6.07, 6.45) is 4.73. The fourth-order valence-electron chi connectivity index (χ4n) is 2.80. The lowest BCUT2D eigenvalue weighted by Gasteiger charge is -2.55. The van der Waals surface area contributed by atoms with E-state index in [4.69, 9.17) is 9.47 Å². The molecule has 1 heterocycles. The average Bonchev–Trinajstić information content (AvgIpc) is 2.15. The van der Waals surface area contributed by atoms with Crippen molar-refractivity contribution in [2.24, 2.45) is 5.41 Å². The van der Waals surface area contributed by atoms with Crippen LogP contribution < -0.4 is 5.32 Å². The Kier molecular flexibility index (Phi) is 2.34. The van der Waals surface area contributed by atoms with Crippen molar-refractivity contribution < 1.29 is 9.47 Å². The molecule has 0 unspecified atom stereocenters. The van der Waals surface area contributed by atoms with E-state index in [9.17, 15) is 0 Å². The van der Waals surface area contributed by atoms with Crippen LogP contribution in [-0.4, -0.2) is 33.1 Å². The van der Waals surface area contributed by atoms with E-state index < -0.39 is 0 Å². The zero-order valence-electron chi connectivity index (χ0n) is 8.56. The van der Waals surface area contributed by atoms with Gasteiger partial charge in [0.05, 0.1) is 0 Å². The van der Waals surface area contributed by atoms with Crippen molar-refractivity contribution in [1.29, 1.82) is 0 Å². The number of methoxy groups -OCH3 is 2. The van der Waals surface area contributed by atoms with Crippen LogP contribution in [0.1, 0.15) is 25.7 Å². The molecule has 0 bridgehead atoms. The zero-order valence-corrected chi connectivity index (χ0v) is 8.56. The molecule has 0 radical (unpaired) electrons. The molecule has 0 aromatic rings.